The van der Waals surface area contributed by atoms with Crippen molar-refractivity contribution in [3.63, 3.8) is 0 Å². The van der Waals surface area contributed by atoms with Gasteiger partial charge in [-0.15, -0.1) is 0 Å². The Morgan fingerprint density at radius 3 is 1.03 bits per heavy atom. The van der Waals surface area contributed by atoms with E-state index >= 15 is 0 Å². The van der Waals surface area contributed by atoms with Gasteiger partial charge in [0.25, 0.3) is 0 Å². The first-order valence-electron chi connectivity index (χ1n) is 28.9. The summed E-state index contributed by atoms with van der Waals surface area (Å²) in [5.41, 5.74) is 17.1. The average Bonchev–Trinajstić information content (AvgIpc) is 3.60. The van der Waals surface area contributed by atoms with Crippen molar-refractivity contribution in [2.45, 2.75) is 96.2 Å². The first-order valence-corrected chi connectivity index (χ1v) is 28.9. The summed E-state index contributed by atoms with van der Waals surface area (Å²) in [4.78, 5) is 0. The average molecular weight is 1160 g/mol. The molecule has 0 atom stereocenters. The number of fused-ring (bicyclic) bond motifs is 1. The molecule has 0 saturated carbocycles. The SMILES string of the molecule is CCOc1ccc(C)cc1.COc1ccc(C)cc1.Cc1ccc(-c2ccccc2)cc1.Cc1ccc(C(F)(F)F)cc1.Cc1ccc(C)c(C)c1.Cc1ccc(C)cc1.Cc1ccc(F)cc1.Cc1ccc2ccccc2c1.Cc1ccccc1. The molecule has 0 aromatic heterocycles. The van der Waals surface area contributed by atoms with Gasteiger partial charge in [0.15, 0.2) is 0 Å². The predicted octanol–water partition coefficient (Wildman–Crippen LogP) is 23.3. The number of hydrogen-bond acceptors (Lipinski definition) is 2. The summed E-state index contributed by atoms with van der Waals surface area (Å²) in [6.07, 6.45) is -4.21. The highest BCUT2D eigenvalue weighted by molar-refractivity contribution is 5.82. The summed E-state index contributed by atoms with van der Waals surface area (Å²) >= 11 is 0. The van der Waals surface area contributed by atoms with Crippen LogP contribution in [0.4, 0.5) is 17.6 Å². The second-order valence-electron chi connectivity index (χ2n) is 20.9. The van der Waals surface area contributed by atoms with Gasteiger partial charge in [-0.05, 0) is 172 Å². The molecular weight excluding hydrogens is 1070 g/mol. The van der Waals surface area contributed by atoms with Gasteiger partial charge in [0.2, 0.25) is 0 Å². The van der Waals surface area contributed by atoms with Crippen LogP contribution >= 0.6 is 0 Å². The lowest BCUT2D eigenvalue weighted by Gasteiger charge is -2.05. The highest BCUT2D eigenvalue weighted by Gasteiger charge is 2.29. The summed E-state index contributed by atoms with van der Waals surface area (Å²) in [5.74, 6) is 1.70. The molecule has 0 aliphatic carbocycles. The van der Waals surface area contributed by atoms with Gasteiger partial charge in [-0.3, -0.25) is 0 Å². The molecule has 0 heterocycles. The quantitative estimate of drug-likeness (QED) is 0.164. The summed E-state index contributed by atoms with van der Waals surface area (Å²) in [7, 11) is 1.67. The van der Waals surface area contributed by atoms with E-state index in [9.17, 15) is 17.6 Å². The standard InChI is InChI=1S/C13H12.C11H10.C9H12O.C9H12.C8H7F3.C8H10O.C8H10.C7H7F.C7H8/c1-11-7-9-13(10-8-11)12-5-3-2-4-6-12;1-9-6-7-10-4-2-3-5-11(10)8-9;1-3-10-9-6-4-8(2)5-7-9;1-7-4-5-8(2)9(3)6-7;1-6-2-4-7(5-3-6)8(9,10)11;1-7-3-5-8(9-2)6-4-7;1-7-3-5-8(2)6-4-7;1-6-2-4-7(8)5-3-6;1-7-5-3-2-4-6-7/h2-10H,1H3;2-8H,1H3;4-7H,3H2,1-2H3;4-6H,1-3H3;2-5H,1H3;3-6H,1-2H3;3-6H,1-2H3;2-5H,1H3;2-6H,1H3. The van der Waals surface area contributed by atoms with Crippen molar-refractivity contribution in [3.05, 3.63) is 345 Å². The Balaban J connectivity index is 0.000000255. The monoisotopic (exact) mass is 1160 g/mol. The lowest BCUT2D eigenvalue weighted by molar-refractivity contribution is -0.137. The van der Waals surface area contributed by atoms with Crippen molar-refractivity contribution in [2.24, 2.45) is 0 Å². The molecule has 0 saturated heterocycles. The number of alkyl halides is 3. The van der Waals surface area contributed by atoms with Crippen molar-refractivity contribution in [2.75, 3.05) is 13.7 Å². The summed E-state index contributed by atoms with van der Waals surface area (Å²) < 4.78 is 58.1. The molecule has 448 valence electrons. The Labute approximate surface area is 512 Å². The van der Waals surface area contributed by atoms with E-state index in [-0.39, 0.29) is 5.82 Å². The van der Waals surface area contributed by atoms with E-state index in [0.717, 1.165) is 41.4 Å². The van der Waals surface area contributed by atoms with Crippen molar-refractivity contribution in [1.82, 2.24) is 0 Å². The molecule has 0 fully saturated rings. The van der Waals surface area contributed by atoms with Crippen molar-refractivity contribution in [1.29, 1.82) is 0 Å². The Morgan fingerprint density at radius 1 is 0.302 bits per heavy atom. The maximum Gasteiger partial charge on any atom is 0.416 e. The molecule has 6 heteroatoms. The number of ether oxygens (including phenoxy) is 2. The van der Waals surface area contributed by atoms with Crippen molar-refractivity contribution >= 4 is 10.8 Å². The van der Waals surface area contributed by atoms with E-state index in [1.807, 2.05) is 86.6 Å². The minimum Gasteiger partial charge on any atom is -0.497 e. The van der Waals surface area contributed by atoms with Crippen LogP contribution in [-0.4, -0.2) is 13.7 Å². The maximum absolute atomic E-state index is 12.1. The zero-order chi connectivity index (χ0) is 63.3. The van der Waals surface area contributed by atoms with E-state index in [0.29, 0.717) is 0 Å². The molecule has 0 N–H and O–H groups in total. The van der Waals surface area contributed by atoms with Gasteiger partial charge in [0, 0.05) is 0 Å². The van der Waals surface area contributed by atoms with Crippen LogP contribution in [0.1, 0.15) is 79.2 Å². The van der Waals surface area contributed by atoms with Crippen LogP contribution in [0.5, 0.6) is 11.5 Å². The molecule has 0 spiro atoms. The molecule has 0 radical (unpaired) electrons. The molecule has 11 rings (SSSR count). The molecule has 0 bridgehead atoms. The summed E-state index contributed by atoms with van der Waals surface area (Å²) in [5, 5.41) is 2.64. The fourth-order valence-electron chi connectivity index (χ4n) is 7.50. The first kappa shape index (κ1) is 71.3. The zero-order valence-corrected chi connectivity index (χ0v) is 52.9. The number of halogens is 4. The minimum absolute atomic E-state index is 0.171. The smallest absolute Gasteiger partial charge is 0.416 e. The molecule has 11 aromatic rings. The van der Waals surface area contributed by atoms with E-state index < -0.39 is 11.7 Å². The van der Waals surface area contributed by atoms with E-state index in [1.165, 1.54) is 102 Å². The lowest BCUT2D eigenvalue weighted by Crippen LogP contribution is -2.03. The number of aryl methyl sites for hydroxylation is 12. The van der Waals surface area contributed by atoms with Gasteiger partial charge in [0.1, 0.15) is 17.3 Å². The molecular formula is C80H88F4O2. The number of rotatable bonds is 4. The Hall–Kier alpha value is -9.00. The number of hydrogen-bond donors (Lipinski definition) is 0. The van der Waals surface area contributed by atoms with Crippen LogP contribution in [0.2, 0.25) is 0 Å². The summed E-state index contributed by atoms with van der Waals surface area (Å²) in [6.45, 7) is 27.4. The Morgan fingerprint density at radius 2 is 0.640 bits per heavy atom. The van der Waals surface area contributed by atoms with E-state index in [4.69, 9.17) is 9.47 Å². The third-order valence-electron chi connectivity index (χ3n) is 12.9. The summed E-state index contributed by atoms with van der Waals surface area (Å²) in [6, 6.07) is 86.7. The van der Waals surface area contributed by atoms with Crippen LogP contribution < -0.4 is 9.47 Å². The van der Waals surface area contributed by atoms with Gasteiger partial charge >= 0.3 is 6.18 Å². The highest BCUT2D eigenvalue weighted by atomic mass is 19.4. The van der Waals surface area contributed by atoms with Crippen molar-refractivity contribution < 1.29 is 27.0 Å². The minimum atomic E-state index is -4.21. The molecule has 0 aliphatic heterocycles. The Bertz CT molecular complexity index is 3440. The second kappa shape index (κ2) is 39.5. The van der Waals surface area contributed by atoms with Gasteiger partial charge in [0.05, 0.1) is 19.3 Å². The zero-order valence-electron chi connectivity index (χ0n) is 52.9. The second-order valence-corrected chi connectivity index (χ2v) is 20.9. The molecule has 0 amide bonds. The van der Waals surface area contributed by atoms with E-state index in [2.05, 4.69) is 215 Å². The molecule has 11 aromatic carbocycles. The molecule has 2 nitrogen and oxygen atoms in total. The molecule has 0 aliphatic rings. The Kier molecular flexibility index (Phi) is 32.8. The number of benzene rings is 11. The van der Waals surface area contributed by atoms with Crippen molar-refractivity contribution in [3.8, 4) is 22.6 Å². The van der Waals surface area contributed by atoms with Gasteiger partial charge in [-0.25, -0.2) is 4.39 Å². The van der Waals surface area contributed by atoms with Gasteiger partial charge in [-0.1, -0.05) is 274 Å². The third kappa shape index (κ3) is 31.1. The molecule has 86 heavy (non-hydrogen) atoms. The van der Waals surface area contributed by atoms with Gasteiger partial charge in [-0.2, -0.15) is 13.2 Å². The molecule has 0 unspecified atom stereocenters. The van der Waals surface area contributed by atoms with Crippen LogP contribution in [0, 0.1) is 88.9 Å². The lowest BCUT2D eigenvalue weighted by atomic mass is 10.0. The first-order chi connectivity index (χ1) is 41.0. The fourth-order valence-corrected chi connectivity index (χ4v) is 7.50. The van der Waals surface area contributed by atoms with Crippen LogP contribution in [0.3, 0.4) is 0 Å². The predicted molar refractivity (Wildman–Crippen MR) is 360 cm³/mol. The van der Waals surface area contributed by atoms with Crippen LogP contribution in [-0.2, 0) is 6.18 Å². The highest BCUT2D eigenvalue weighted by Crippen LogP contribution is 2.29. The van der Waals surface area contributed by atoms with Crippen LogP contribution in [0.15, 0.2) is 267 Å². The van der Waals surface area contributed by atoms with E-state index in [1.54, 1.807) is 26.2 Å². The van der Waals surface area contributed by atoms with Gasteiger partial charge < -0.3 is 9.47 Å². The largest absolute Gasteiger partial charge is 0.497 e. The number of methoxy groups -OCH3 is 1. The maximum atomic E-state index is 12.1. The normalized spacial score (nSPS) is 9.79. The fraction of sp³-hybridized carbons (Fsp3) is 0.200. The third-order valence-corrected chi connectivity index (χ3v) is 12.9. The topological polar surface area (TPSA) is 18.5 Å². The van der Waals surface area contributed by atoms with Crippen LogP contribution in [0.25, 0.3) is 21.9 Å².